The molecule has 5 unspecified atom stereocenters. The van der Waals surface area contributed by atoms with E-state index in [1.165, 1.54) is 11.1 Å². The predicted molar refractivity (Wildman–Crippen MR) is 235 cm³/mol. The average molecular weight is 756 g/mol. The van der Waals surface area contributed by atoms with Gasteiger partial charge in [0.05, 0.1) is 0 Å². The number of hydrogen-bond donors (Lipinski definition) is 0. The van der Waals surface area contributed by atoms with Crippen LogP contribution < -0.4 is 0 Å². The van der Waals surface area contributed by atoms with E-state index in [2.05, 4.69) is 152 Å². The Kier molecular flexibility index (Phi) is 6.12. The van der Waals surface area contributed by atoms with Crippen LogP contribution in [0.1, 0.15) is 23.0 Å². The number of benzene rings is 7. The normalized spacial score (nSPS) is 21.8. The van der Waals surface area contributed by atoms with E-state index >= 15 is 0 Å². The molecule has 5 nitrogen and oxygen atoms in total. The smallest absolute Gasteiger partial charge is 0.164 e. The van der Waals surface area contributed by atoms with Gasteiger partial charge in [0.25, 0.3) is 0 Å². The molecule has 7 aromatic carbocycles. The van der Waals surface area contributed by atoms with E-state index in [1.54, 1.807) is 0 Å². The van der Waals surface area contributed by atoms with Gasteiger partial charge in [-0.2, -0.15) is 0 Å². The molecule has 0 radical (unpaired) electrons. The highest BCUT2D eigenvalue weighted by molar-refractivity contribution is 6.10. The third-order valence-corrected chi connectivity index (χ3v) is 13.7. The van der Waals surface area contributed by atoms with Crippen LogP contribution in [0.3, 0.4) is 0 Å². The number of furan rings is 2. The molecule has 2 fully saturated rings. The quantitative estimate of drug-likeness (QED) is 0.164. The Labute approximate surface area is 339 Å². The van der Waals surface area contributed by atoms with E-state index in [0.717, 1.165) is 94.7 Å². The Morgan fingerprint density at radius 2 is 0.932 bits per heavy atom. The summed E-state index contributed by atoms with van der Waals surface area (Å²) in [4.78, 5) is 15.5. The fourth-order valence-electron chi connectivity index (χ4n) is 10.7. The van der Waals surface area contributed by atoms with Crippen LogP contribution in [0.5, 0.6) is 0 Å². The van der Waals surface area contributed by atoms with Gasteiger partial charge < -0.3 is 8.83 Å². The maximum atomic E-state index is 6.39. The molecular weight excluding hydrogens is 723 g/mol. The van der Waals surface area contributed by atoms with Gasteiger partial charge >= 0.3 is 0 Å². The highest BCUT2D eigenvalue weighted by Crippen LogP contribution is 2.90. The van der Waals surface area contributed by atoms with E-state index in [-0.39, 0.29) is 5.92 Å². The molecule has 4 aliphatic rings. The van der Waals surface area contributed by atoms with Gasteiger partial charge in [-0.3, -0.25) is 0 Å². The van der Waals surface area contributed by atoms with Crippen molar-refractivity contribution in [2.45, 2.75) is 11.8 Å². The summed E-state index contributed by atoms with van der Waals surface area (Å²) >= 11 is 0. The number of fused-ring (bicyclic) bond motifs is 12. The Morgan fingerprint density at radius 1 is 0.424 bits per heavy atom. The van der Waals surface area contributed by atoms with Crippen molar-refractivity contribution in [2.24, 2.45) is 17.3 Å². The lowest BCUT2D eigenvalue weighted by Crippen LogP contribution is -2.09. The molecule has 276 valence electrons. The fraction of sp³-hybridized carbons (Fsp3) is 0.0926. The zero-order valence-corrected chi connectivity index (χ0v) is 31.7. The summed E-state index contributed by atoms with van der Waals surface area (Å²) in [6.07, 6.45) is 9.83. The van der Waals surface area contributed by atoms with Crippen LogP contribution in [0.15, 0.2) is 185 Å². The second kappa shape index (κ2) is 11.4. The molecule has 4 aliphatic carbocycles. The van der Waals surface area contributed by atoms with Crippen molar-refractivity contribution in [1.29, 1.82) is 0 Å². The minimum Gasteiger partial charge on any atom is -0.455 e. The third-order valence-electron chi connectivity index (χ3n) is 13.7. The van der Waals surface area contributed by atoms with Crippen molar-refractivity contribution >= 4 is 43.9 Å². The Hall–Kier alpha value is -7.37. The number of para-hydroxylation sites is 4. The number of hydrogen-bond acceptors (Lipinski definition) is 5. The van der Waals surface area contributed by atoms with Crippen LogP contribution in [0.25, 0.3) is 100 Å². The summed E-state index contributed by atoms with van der Waals surface area (Å²) in [5.41, 5.74) is 13.9. The van der Waals surface area contributed by atoms with E-state index in [4.69, 9.17) is 23.8 Å². The second-order valence-corrected chi connectivity index (χ2v) is 16.7. The summed E-state index contributed by atoms with van der Waals surface area (Å²) in [5.74, 6) is 4.33. The SMILES string of the molecule is C1=CC2C3C4c5ccc(-c6nc(-c7ccc(-c8cccc9c8oc8ccccc89)cc7)nc(-c7ccc(-c8cccc9c8oc8ccccc89)cc7)n6)cc5C1C=CC243. The molecule has 2 saturated carbocycles. The zero-order chi connectivity index (χ0) is 38.4. The van der Waals surface area contributed by atoms with Gasteiger partial charge in [-0.15, -0.1) is 0 Å². The minimum atomic E-state index is 0.272. The molecule has 0 saturated heterocycles. The lowest BCUT2D eigenvalue weighted by atomic mass is 9.83. The van der Waals surface area contributed by atoms with Gasteiger partial charge in [0, 0.05) is 60.7 Å². The molecule has 5 atom stereocenters. The van der Waals surface area contributed by atoms with Crippen LogP contribution >= 0.6 is 0 Å². The molecular formula is C54H33N3O2. The molecule has 3 heterocycles. The summed E-state index contributed by atoms with van der Waals surface area (Å²) in [5, 5.41) is 4.47. The van der Waals surface area contributed by atoms with Crippen LogP contribution in [-0.2, 0) is 0 Å². The van der Waals surface area contributed by atoms with Crippen LogP contribution in [-0.4, -0.2) is 15.0 Å². The molecule has 1 spiro atoms. The number of rotatable bonds is 5. The molecule has 0 amide bonds. The van der Waals surface area contributed by atoms with Crippen molar-refractivity contribution in [3.8, 4) is 56.4 Å². The number of nitrogens with zero attached hydrogens (tertiary/aromatic N) is 3. The van der Waals surface area contributed by atoms with Crippen LogP contribution in [0.2, 0.25) is 0 Å². The van der Waals surface area contributed by atoms with Crippen molar-refractivity contribution in [3.63, 3.8) is 0 Å². The first kappa shape index (κ1) is 31.7. The first-order valence-electron chi connectivity index (χ1n) is 20.5. The minimum absolute atomic E-state index is 0.272. The molecule has 5 heteroatoms. The van der Waals surface area contributed by atoms with Crippen molar-refractivity contribution in [3.05, 3.63) is 187 Å². The lowest BCUT2D eigenvalue weighted by molar-refractivity contribution is 0.582. The van der Waals surface area contributed by atoms with Crippen molar-refractivity contribution in [1.82, 2.24) is 15.0 Å². The molecule has 14 rings (SSSR count). The van der Waals surface area contributed by atoms with Crippen molar-refractivity contribution < 1.29 is 8.83 Å². The van der Waals surface area contributed by atoms with Gasteiger partial charge in [0.1, 0.15) is 22.3 Å². The van der Waals surface area contributed by atoms with Gasteiger partial charge in [-0.05, 0) is 58.2 Å². The van der Waals surface area contributed by atoms with Crippen LogP contribution in [0.4, 0.5) is 0 Å². The maximum Gasteiger partial charge on any atom is 0.164 e. The summed E-state index contributed by atoms with van der Waals surface area (Å²) < 4.78 is 12.8. The Morgan fingerprint density at radius 3 is 1.53 bits per heavy atom. The second-order valence-electron chi connectivity index (χ2n) is 16.7. The topological polar surface area (TPSA) is 65.0 Å². The van der Waals surface area contributed by atoms with E-state index in [1.807, 2.05) is 24.3 Å². The van der Waals surface area contributed by atoms with Gasteiger partial charge in [-0.1, -0.05) is 158 Å². The summed E-state index contributed by atoms with van der Waals surface area (Å²) in [6, 6.07) is 53.1. The largest absolute Gasteiger partial charge is 0.455 e. The van der Waals surface area contributed by atoms with E-state index < -0.39 is 0 Å². The number of aromatic nitrogens is 3. The monoisotopic (exact) mass is 755 g/mol. The number of allylic oxidation sites excluding steroid dienone is 4. The van der Waals surface area contributed by atoms with Gasteiger partial charge in [-0.25, -0.2) is 15.0 Å². The maximum absolute atomic E-state index is 6.39. The van der Waals surface area contributed by atoms with Crippen molar-refractivity contribution in [2.75, 3.05) is 0 Å². The average Bonchev–Trinajstić information content (AvgIpc) is 4.03. The standard InChI is InChI=1S/C54H33N3O2/c1-3-13-45-38(7-1)41-11-5-9-36(49(41)58-45)30-15-19-33(20-16-30)51-55-52(34-21-17-31(18-22-34)37-10-6-12-42-39-8-2-4-14-46(39)59-50(37)42)57-53(56-51)35-23-25-40-43(29-35)32-24-26-44-48-47(40)54(44,48)28-27-32/h1-29,32,44,47-48H. The summed E-state index contributed by atoms with van der Waals surface area (Å²) in [6.45, 7) is 0. The Balaban J connectivity index is 0.881. The molecule has 0 N–H and O–H groups in total. The zero-order valence-electron chi connectivity index (χ0n) is 31.7. The Bertz CT molecular complexity index is 3310. The van der Waals surface area contributed by atoms with Crippen LogP contribution in [0, 0.1) is 17.3 Å². The highest BCUT2D eigenvalue weighted by atomic mass is 16.3. The highest BCUT2D eigenvalue weighted by Gasteiger charge is 2.85. The van der Waals surface area contributed by atoms with Gasteiger partial charge in [0.15, 0.2) is 17.5 Å². The fourth-order valence-corrected chi connectivity index (χ4v) is 10.7. The summed E-state index contributed by atoms with van der Waals surface area (Å²) in [7, 11) is 0. The first-order valence-corrected chi connectivity index (χ1v) is 20.5. The predicted octanol–water partition coefficient (Wildman–Crippen LogP) is 13.6. The molecule has 59 heavy (non-hydrogen) atoms. The molecule has 3 aromatic heterocycles. The molecule has 10 aromatic rings. The lowest BCUT2D eigenvalue weighted by Gasteiger charge is -2.21. The van der Waals surface area contributed by atoms with E-state index in [0.29, 0.717) is 28.8 Å². The molecule has 0 aliphatic heterocycles. The molecule has 2 bridgehead atoms. The van der Waals surface area contributed by atoms with E-state index in [9.17, 15) is 0 Å². The third kappa shape index (κ3) is 4.42. The first-order chi connectivity index (χ1) is 29.2. The van der Waals surface area contributed by atoms with Gasteiger partial charge in [0.2, 0.25) is 0 Å².